The van der Waals surface area contributed by atoms with Crippen molar-refractivity contribution >= 4 is 6.09 Å². The molecule has 1 amide bonds. The Hall–Kier alpha value is -0.770. The molecule has 4 nitrogen and oxygen atoms in total. The molecule has 0 aromatic heterocycles. The van der Waals surface area contributed by atoms with Gasteiger partial charge in [-0.1, -0.05) is 0 Å². The molecule has 0 bridgehead atoms. The van der Waals surface area contributed by atoms with Gasteiger partial charge in [0, 0.05) is 12.6 Å². The van der Waals surface area contributed by atoms with Crippen LogP contribution >= 0.6 is 0 Å². The van der Waals surface area contributed by atoms with Gasteiger partial charge < -0.3 is 15.4 Å². The molecule has 0 spiro atoms. The van der Waals surface area contributed by atoms with Gasteiger partial charge in [-0.2, -0.15) is 0 Å². The fourth-order valence-electron chi connectivity index (χ4n) is 2.12. The number of hydrogen-bond acceptors (Lipinski definition) is 3. The zero-order chi connectivity index (χ0) is 12.3. The molecule has 0 aliphatic carbocycles. The lowest BCUT2D eigenvalue weighted by molar-refractivity contribution is 0.00389. The second kappa shape index (κ2) is 5.04. The van der Waals surface area contributed by atoms with Crippen molar-refractivity contribution in [3.05, 3.63) is 0 Å². The lowest BCUT2D eigenvalue weighted by atomic mass is 9.91. The number of hydrogen-bond donors (Lipinski definition) is 1. The minimum atomic E-state index is -0.424. The highest BCUT2D eigenvalue weighted by molar-refractivity contribution is 5.68. The molecular formula is C12H24N2O2. The standard InChI is InChI=1S/C12H24N2O2/c1-9-10(8-13)6-5-7-14(9)11(15)16-12(2,3)4/h9-10H,5-8,13H2,1-4H3. The summed E-state index contributed by atoms with van der Waals surface area (Å²) in [6.45, 7) is 9.15. The molecule has 1 rings (SSSR count). The van der Waals surface area contributed by atoms with Crippen molar-refractivity contribution < 1.29 is 9.53 Å². The number of nitrogens with zero attached hydrogens (tertiary/aromatic N) is 1. The number of carbonyl (C=O) groups is 1. The van der Waals surface area contributed by atoms with Crippen molar-refractivity contribution in [2.24, 2.45) is 11.7 Å². The lowest BCUT2D eigenvalue weighted by Gasteiger charge is -2.39. The minimum Gasteiger partial charge on any atom is -0.444 e. The largest absolute Gasteiger partial charge is 0.444 e. The summed E-state index contributed by atoms with van der Waals surface area (Å²) in [5.74, 6) is 0.404. The van der Waals surface area contributed by atoms with Crippen LogP contribution in [0.3, 0.4) is 0 Å². The zero-order valence-corrected chi connectivity index (χ0v) is 10.8. The summed E-state index contributed by atoms with van der Waals surface area (Å²) in [6.07, 6.45) is 1.92. The Labute approximate surface area is 98.1 Å². The van der Waals surface area contributed by atoms with E-state index in [2.05, 4.69) is 6.92 Å². The van der Waals surface area contributed by atoms with Crippen molar-refractivity contribution in [3.63, 3.8) is 0 Å². The summed E-state index contributed by atoms with van der Waals surface area (Å²) in [5.41, 5.74) is 5.28. The molecule has 0 radical (unpaired) electrons. The third-order valence-electron chi connectivity index (χ3n) is 3.08. The first kappa shape index (κ1) is 13.3. The summed E-state index contributed by atoms with van der Waals surface area (Å²) in [4.78, 5) is 13.8. The first-order valence-electron chi connectivity index (χ1n) is 6.05. The smallest absolute Gasteiger partial charge is 0.410 e. The van der Waals surface area contributed by atoms with E-state index in [1.165, 1.54) is 0 Å². The maximum absolute atomic E-state index is 11.9. The van der Waals surface area contributed by atoms with Crippen LogP contribution in [0, 0.1) is 5.92 Å². The average Bonchev–Trinajstić information content (AvgIpc) is 2.15. The molecule has 16 heavy (non-hydrogen) atoms. The highest BCUT2D eigenvalue weighted by Crippen LogP contribution is 2.24. The van der Waals surface area contributed by atoms with E-state index in [9.17, 15) is 4.79 Å². The monoisotopic (exact) mass is 228 g/mol. The second-order valence-electron chi connectivity index (χ2n) is 5.55. The fourth-order valence-corrected chi connectivity index (χ4v) is 2.12. The van der Waals surface area contributed by atoms with Crippen LogP contribution in [-0.2, 0) is 4.74 Å². The van der Waals surface area contributed by atoms with Crippen LogP contribution in [-0.4, -0.2) is 35.7 Å². The molecule has 2 atom stereocenters. The van der Waals surface area contributed by atoms with Crippen LogP contribution in [0.15, 0.2) is 0 Å². The molecule has 1 saturated heterocycles. The minimum absolute atomic E-state index is 0.189. The summed E-state index contributed by atoms with van der Waals surface area (Å²) in [6, 6.07) is 0.189. The Balaban J connectivity index is 2.61. The van der Waals surface area contributed by atoms with Gasteiger partial charge >= 0.3 is 6.09 Å². The van der Waals surface area contributed by atoms with Gasteiger partial charge in [-0.15, -0.1) is 0 Å². The molecule has 0 aromatic carbocycles. The Morgan fingerprint density at radius 2 is 2.12 bits per heavy atom. The lowest BCUT2D eigenvalue weighted by Crippen LogP contribution is -2.50. The second-order valence-corrected chi connectivity index (χ2v) is 5.55. The Morgan fingerprint density at radius 1 is 1.50 bits per heavy atom. The Kier molecular flexibility index (Phi) is 4.19. The van der Waals surface area contributed by atoms with Crippen molar-refractivity contribution in [1.82, 2.24) is 4.90 Å². The highest BCUT2D eigenvalue weighted by Gasteiger charge is 2.32. The fraction of sp³-hybridized carbons (Fsp3) is 0.917. The molecule has 2 N–H and O–H groups in total. The highest BCUT2D eigenvalue weighted by atomic mass is 16.6. The van der Waals surface area contributed by atoms with Crippen LogP contribution in [0.1, 0.15) is 40.5 Å². The maximum atomic E-state index is 11.9. The number of carbonyl (C=O) groups excluding carboxylic acids is 1. The Bertz CT molecular complexity index is 248. The molecule has 94 valence electrons. The van der Waals surface area contributed by atoms with Crippen LogP contribution in [0.25, 0.3) is 0 Å². The molecule has 2 unspecified atom stereocenters. The van der Waals surface area contributed by atoms with Gasteiger partial charge in [0.15, 0.2) is 0 Å². The van der Waals surface area contributed by atoms with Crippen molar-refractivity contribution in [3.8, 4) is 0 Å². The molecule has 4 heteroatoms. The summed E-state index contributed by atoms with van der Waals surface area (Å²) in [7, 11) is 0. The predicted octanol–water partition coefficient (Wildman–Crippen LogP) is 1.98. The average molecular weight is 228 g/mol. The van der Waals surface area contributed by atoms with Gasteiger partial charge in [-0.05, 0) is 53.0 Å². The number of rotatable bonds is 1. The summed E-state index contributed by atoms with van der Waals surface area (Å²) >= 11 is 0. The molecule has 1 aliphatic heterocycles. The van der Waals surface area contributed by atoms with Gasteiger partial charge in [0.25, 0.3) is 0 Å². The number of likely N-dealkylation sites (tertiary alicyclic amines) is 1. The van der Waals surface area contributed by atoms with E-state index in [4.69, 9.17) is 10.5 Å². The predicted molar refractivity (Wildman–Crippen MR) is 64.2 cm³/mol. The molecular weight excluding hydrogens is 204 g/mol. The van der Waals surface area contributed by atoms with Crippen molar-refractivity contribution in [2.75, 3.05) is 13.1 Å². The normalized spacial score (nSPS) is 26.7. The summed E-state index contributed by atoms with van der Waals surface area (Å²) in [5, 5.41) is 0. The zero-order valence-electron chi connectivity index (χ0n) is 10.8. The third-order valence-corrected chi connectivity index (χ3v) is 3.08. The van der Waals surface area contributed by atoms with E-state index in [0.29, 0.717) is 12.5 Å². The molecule has 0 saturated carbocycles. The number of ether oxygens (including phenoxy) is 1. The summed E-state index contributed by atoms with van der Waals surface area (Å²) < 4.78 is 5.39. The molecule has 1 heterocycles. The van der Waals surface area contributed by atoms with Gasteiger partial charge in [0.05, 0.1) is 0 Å². The van der Waals surface area contributed by atoms with E-state index >= 15 is 0 Å². The van der Waals surface area contributed by atoms with Crippen LogP contribution < -0.4 is 5.73 Å². The SMILES string of the molecule is CC1C(CN)CCCN1C(=O)OC(C)(C)C. The first-order chi connectivity index (χ1) is 7.35. The van der Waals surface area contributed by atoms with E-state index in [-0.39, 0.29) is 12.1 Å². The van der Waals surface area contributed by atoms with E-state index in [1.54, 1.807) is 0 Å². The number of nitrogens with two attached hydrogens (primary N) is 1. The molecule has 1 fully saturated rings. The first-order valence-corrected chi connectivity index (χ1v) is 6.05. The van der Waals surface area contributed by atoms with E-state index < -0.39 is 5.60 Å². The topological polar surface area (TPSA) is 55.6 Å². The van der Waals surface area contributed by atoms with Crippen LogP contribution in [0.5, 0.6) is 0 Å². The number of piperidine rings is 1. The van der Waals surface area contributed by atoms with Gasteiger partial charge in [0.1, 0.15) is 5.60 Å². The van der Waals surface area contributed by atoms with Crippen molar-refractivity contribution in [2.45, 2.75) is 52.2 Å². The van der Waals surface area contributed by atoms with E-state index in [0.717, 1.165) is 19.4 Å². The van der Waals surface area contributed by atoms with Gasteiger partial charge in [-0.3, -0.25) is 0 Å². The van der Waals surface area contributed by atoms with Gasteiger partial charge in [-0.25, -0.2) is 4.79 Å². The Morgan fingerprint density at radius 3 is 2.62 bits per heavy atom. The molecule has 0 aromatic rings. The van der Waals surface area contributed by atoms with Crippen molar-refractivity contribution in [1.29, 1.82) is 0 Å². The molecule has 1 aliphatic rings. The van der Waals surface area contributed by atoms with Crippen LogP contribution in [0.4, 0.5) is 4.79 Å². The van der Waals surface area contributed by atoms with Crippen LogP contribution in [0.2, 0.25) is 0 Å². The third kappa shape index (κ3) is 3.37. The quantitative estimate of drug-likeness (QED) is 0.746. The van der Waals surface area contributed by atoms with Gasteiger partial charge in [0.2, 0.25) is 0 Å². The number of amides is 1. The maximum Gasteiger partial charge on any atom is 0.410 e. The van der Waals surface area contributed by atoms with E-state index in [1.807, 2.05) is 25.7 Å².